The first-order valence-corrected chi connectivity index (χ1v) is 19.4. The molecule has 3 unspecified atom stereocenters. The molecule has 5 fully saturated rings. The molecular formula is C40H49N11O3. The Kier molecular flexibility index (Phi) is 8.59. The molecule has 2 saturated heterocycles. The van der Waals surface area contributed by atoms with E-state index in [-0.39, 0.29) is 53.3 Å². The molecule has 6 aliphatic rings. The first-order chi connectivity index (χ1) is 26.1. The number of nitrogens with zero attached hydrogens (tertiary/aromatic N) is 6. The molecule has 0 spiro atoms. The van der Waals surface area contributed by atoms with Crippen LogP contribution in [0.1, 0.15) is 79.4 Å². The molecule has 0 radical (unpaired) electrons. The zero-order valence-corrected chi connectivity index (χ0v) is 30.9. The Hall–Kier alpha value is -5.37. The molecule has 3 aliphatic heterocycles. The molecule has 2 aromatic heterocycles. The van der Waals surface area contributed by atoms with Crippen LogP contribution in [0.2, 0.25) is 0 Å². The van der Waals surface area contributed by atoms with Gasteiger partial charge in [0, 0.05) is 68.9 Å². The van der Waals surface area contributed by atoms with Gasteiger partial charge in [0.2, 0.25) is 5.91 Å². The smallest absolute Gasteiger partial charge is 0.272 e. The molecule has 3 atom stereocenters. The molecule has 1 aromatic carbocycles. The second-order valence-corrected chi connectivity index (χ2v) is 16.0. The molecule has 14 heteroatoms. The molecule has 7 N–H and O–H groups in total. The van der Waals surface area contributed by atoms with Crippen LogP contribution in [0.4, 0.5) is 11.4 Å². The third kappa shape index (κ3) is 6.56. The number of fused-ring (bicyclic) bond motifs is 4. The van der Waals surface area contributed by atoms with E-state index in [1.54, 1.807) is 0 Å². The van der Waals surface area contributed by atoms with Gasteiger partial charge in [0.05, 0.1) is 46.7 Å². The minimum absolute atomic E-state index is 0.00639. The molecule has 282 valence electrons. The monoisotopic (exact) mass is 731 g/mol. The molecule has 3 saturated carbocycles. The van der Waals surface area contributed by atoms with Crippen LogP contribution in [-0.4, -0.2) is 81.6 Å². The van der Waals surface area contributed by atoms with Crippen molar-refractivity contribution in [2.75, 3.05) is 43.4 Å². The number of rotatable bonds is 12. The average Bonchev–Trinajstić information content (AvgIpc) is 4.10. The number of hydrogen-bond acceptors (Lipinski definition) is 10. The largest absolute Gasteiger partial charge is 0.393 e. The number of anilines is 2. The summed E-state index contributed by atoms with van der Waals surface area (Å²) in [6.07, 6.45) is 9.15. The summed E-state index contributed by atoms with van der Waals surface area (Å²) in [6.45, 7) is 6.26. The van der Waals surface area contributed by atoms with Crippen LogP contribution in [0.5, 0.6) is 0 Å². The summed E-state index contributed by atoms with van der Waals surface area (Å²) < 4.78 is 2.20. The van der Waals surface area contributed by atoms with Gasteiger partial charge in [-0.15, -0.1) is 0 Å². The van der Waals surface area contributed by atoms with Crippen LogP contribution in [0.3, 0.4) is 0 Å². The normalized spacial score (nSPS) is 23.8. The Morgan fingerprint density at radius 2 is 1.72 bits per heavy atom. The van der Waals surface area contributed by atoms with Crippen LogP contribution in [-0.2, 0) is 16.1 Å². The van der Waals surface area contributed by atoms with Crippen LogP contribution < -0.4 is 32.3 Å². The Morgan fingerprint density at radius 1 is 0.963 bits per heavy atom. The quantitative estimate of drug-likeness (QED) is 0.137. The highest BCUT2D eigenvalue weighted by Crippen LogP contribution is 2.50. The van der Waals surface area contributed by atoms with Crippen molar-refractivity contribution in [3.05, 3.63) is 83.0 Å². The topological polar surface area (TPSA) is 180 Å². The van der Waals surface area contributed by atoms with Gasteiger partial charge >= 0.3 is 0 Å². The first-order valence-electron chi connectivity index (χ1n) is 19.4. The minimum Gasteiger partial charge on any atom is -0.393 e. The second-order valence-electron chi connectivity index (χ2n) is 16.0. The number of piperidine rings is 1. The number of carbonyl (C=O) groups excluding carboxylic acids is 3. The summed E-state index contributed by atoms with van der Waals surface area (Å²) in [5, 5.41) is 14.1. The summed E-state index contributed by atoms with van der Waals surface area (Å²) in [5.41, 5.74) is 19.5. The number of amides is 3. The summed E-state index contributed by atoms with van der Waals surface area (Å²) in [7, 11) is 2.09. The number of pyridine rings is 1. The van der Waals surface area contributed by atoms with E-state index in [2.05, 4.69) is 50.5 Å². The Bertz CT molecular complexity index is 2070. The van der Waals surface area contributed by atoms with Crippen LogP contribution in [0.15, 0.2) is 65.9 Å². The number of nitrogens with two attached hydrogens (primary N) is 2. The fourth-order valence-electron chi connectivity index (χ4n) is 8.44. The molecule has 9 rings (SSSR count). The molecule has 3 aromatic rings. The number of para-hydroxylation sites is 1. The van der Waals surface area contributed by atoms with E-state index in [0.717, 1.165) is 86.5 Å². The Morgan fingerprint density at radius 3 is 2.44 bits per heavy atom. The van der Waals surface area contributed by atoms with E-state index < -0.39 is 0 Å². The lowest BCUT2D eigenvalue weighted by Gasteiger charge is -2.43. The highest BCUT2D eigenvalue weighted by molar-refractivity contribution is 5.97. The predicted octanol–water partition coefficient (Wildman–Crippen LogP) is 3.18. The van der Waals surface area contributed by atoms with Crippen molar-refractivity contribution in [1.29, 1.82) is 0 Å². The zero-order chi connectivity index (χ0) is 37.2. The average molecular weight is 732 g/mol. The van der Waals surface area contributed by atoms with E-state index in [4.69, 9.17) is 21.5 Å². The molecular weight excluding hydrogens is 683 g/mol. The number of allylic oxidation sites excluding steroid dienone is 1. The van der Waals surface area contributed by atoms with Gasteiger partial charge in [0.1, 0.15) is 17.2 Å². The molecule has 0 bridgehead atoms. The fraction of sp³-hybridized carbons (Fsp3) is 0.475. The summed E-state index contributed by atoms with van der Waals surface area (Å²) in [4.78, 5) is 50.1. The van der Waals surface area contributed by atoms with Crippen LogP contribution in [0.25, 0.3) is 11.1 Å². The van der Waals surface area contributed by atoms with Gasteiger partial charge in [0.15, 0.2) is 0 Å². The zero-order valence-electron chi connectivity index (χ0n) is 30.9. The van der Waals surface area contributed by atoms with Gasteiger partial charge in [-0.2, -0.15) is 5.10 Å². The van der Waals surface area contributed by atoms with E-state index in [1.165, 1.54) is 18.2 Å². The van der Waals surface area contributed by atoms with Gasteiger partial charge in [0.25, 0.3) is 11.8 Å². The predicted molar refractivity (Wildman–Crippen MR) is 204 cm³/mol. The lowest BCUT2D eigenvalue weighted by molar-refractivity contribution is -0.121. The molecule has 54 heavy (non-hydrogen) atoms. The number of nitrogens with one attached hydrogen (secondary N) is 3. The van der Waals surface area contributed by atoms with Crippen molar-refractivity contribution in [3.8, 4) is 11.1 Å². The van der Waals surface area contributed by atoms with Gasteiger partial charge in [-0.1, -0.05) is 25.1 Å². The van der Waals surface area contributed by atoms with Gasteiger partial charge in [-0.25, -0.2) is 4.98 Å². The third-order valence-corrected chi connectivity index (χ3v) is 11.9. The SMILES string of the molecule is CCC1c2c(cnn2C2CN(Cc3cccc(C(=O)N4CC5CC5C4)n3)C2)-c2cccc(NC(/C=C(\N)NC(=O)C3CC3)=C(/N)C(=O)NC3CC3)c2N1C. The number of carbonyl (C=O) groups is 3. The minimum atomic E-state index is -0.379. The highest BCUT2D eigenvalue weighted by Gasteiger charge is 2.47. The third-order valence-electron chi connectivity index (χ3n) is 11.9. The van der Waals surface area contributed by atoms with Crippen LogP contribution in [0, 0.1) is 17.8 Å². The van der Waals surface area contributed by atoms with Crippen molar-refractivity contribution >= 4 is 29.1 Å². The maximum Gasteiger partial charge on any atom is 0.272 e. The van der Waals surface area contributed by atoms with Crippen LogP contribution >= 0.6 is 0 Å². The standard InChI is InChI=1S/C40H49N11O3/c1-3-33-37-29(16-43-51(37)27-20-49(21-27)19-26-6-4-9-31(44-26)40(54)50-17-23-14-24(23)18-50)28-7-5-8-30(36(28)48(33)2)46-32(35(42)39(53)45-25-12-13-25)15-34(41)47-38(52)22-10-11-22/h4-9,15-16,22-25,27,33,46H,3,10-14,17-21,41-42H2,1-2H3,(H,45,53)(H,47,52)/b34-15+,35-32+. The van der Waals surface area contributed by atoms with Crippen molar-refractivity contribution < 1.29 is 14.4 Å². The molecule has 5 heterocycles. The molecule has 3 aliphatic carbocycles. The molecule has 14 nitrogen and oxygen atoms in total. The van der Waals surface area contributed by atoms with E-state index in [0.29, 0.717) is 29.8 Å². The van der Waals surface area contributed by atoms with Crippen molar-refractivity contribution in [2.45, 2.75) is 70.1 Å². The maximum absolute atomic E-state index is 13.2. The van der Waals surface area contributed by atoms with Gasteiger partial charge in [-0.05, 0) is 68.6 Å². The summed E-state index contributed by atoms with van der Waals surface area (Å²) >= 11 is 0. The Labute approximate surface area is 315 Å². The Balaban J connectivity index is 0.940. The van der Waals surface area contributed by atoms with Gasteiger partial charge in [-0.3, -0.25) is 24.0 Å². The summed E-state index contributed by atoms with van der Waals surface area (Å²) in [5.74, 6) is 1.03. The fourth-order valence-corrected chi connectivity index (χ4v) is 8.44. The lowest BCUT2D eigenvalue weighted by Crippen LogP contribution is -2.48. The maximum atomic E-state index is 13.2. The van der Waals surface area contributed by atoms with Crippen molar-refractivity contribution in [2.24, 2.45) is 29.2 Å². The number of benzene rings is 1. The number of hydrogen-bond donors (Lipinski definition) is 5. The highest BCUT2D eigenvalue weighted by atomic mass is 16.2. The van der Waals surface area contributed by atoms with E-state index >= 15 is 0 Å². The number of aromatic nitrogens is 3. The van der Waals surface area contributed by atoms with E-state index in [9.17, 15) is 14.4 Å². The lowest BCUT2D eigenvalue weighted by atomic mass is 9.91. The van der Waals surface area contributed by atoms with E-state index in [1.807, 2.05) is 41.4 Å². The second kappa shape index (κ2) is 13.5. The number of likely N-dealkylation sites (tertiary alicyclic amines) is 2. The summed E-state index contributed by atoms with van der Waals surface area (Å²) in [6, 6.07) is 12.2. The van der Waals surface area contributed by atoms with Crippen molar-refractivity contribution in [1.82, 2.24) is 35.2 Å². The van der Waals surface area contributed by atoms with Gasteiger partial charge < -0.3 is 37.2 Å². The van der Waals surface area contributed by atoms with Crippen molar-refractivity contribution in [3.63, 3.8) is 0 Å². The molecule has 3 amide bonds. The first kappa shape index (κ1) is 34.4.